The van der Waals surface area contributed by atoms with Gasteiger partial charge in [0.05, 0.1) is 0 Å². The lowest BCUT2D eigenvalue weighted by atomic mass is 10.0. The summed E-state index contributed by atoms with van der Waals surface area (Å²) in [5.74, 6) is 0. The molecule has 0 radical (unpaired) electrons. The van der Waals surface area contributed by atoms with E-state index in [1.54, 1.807) is 7.11 Å². The van der Waals surface area contributed by atoms with E-state index in [1.807, 2.05) is 54.6 Å². The van der Waals surface area contributed by atoms with E-state index in [0.29, 0.717) is 0 Å². The van der Waals surface area contributed by atoms with E-state index in [9.17, 15) is 0 Å². The first-order chi connectivity index (χ1) is 8.31. The van der Waals surface area contributed by atoms with Gasteiger partial charge in [0.2, 0.25) is 0 Å². The van der Waals surface area contributed by atoms with E-state index in [1.165, 1.54) is 0 Å². The molecule has 2 rings (SSSR count). The summed E-state index contributed by atoms with van der Waals surface area (Å²) in [6.45, 7) is 0. The fourth-order valence-electron chi connectivity index (χ4n) is 1.57. The third kappa shape index (κ3) is 2.94. The summed E-state index contributed by atoms with van der Waals surface area (Å²) >= 11 is 3.42. The monoisotopic (exact) mass is 289 g/mol. The largest absolute Gasteiger partial charge is 0.399 e. The average Bonchev–Trinajstić information content (AvgIpc) is 2.38. The maximum atomic E-state index is 4.92. The van der Waals surface area contributed by atoms with Crippen molar-refractivity contribution in [2.45, 2.75) is 0 Å². The Morgan fingerprint density at radius 3 is 2.12 bits per heavy atom. The predicted octanol–water partition coefficient (Wildman–Crippen LogP) is 3.85. The topological polar surface area (TPSA) is 21.6 Å². The van der Waals surface area contributed by atoms with Gasteiger partial charge >= 0.3 is 0 Å². The predicted molar refractivity (Wildman–Crippen MR) is 73.2 cm³/mol. The van der Waals surface area contributed by atoms with Gasteiger partial charge in [0.1, 0.15) is 12.8 Å². The van der Waals surface area contributed by atoms with Gasteiger partial charge in [-0.2, -0.15) is 0 Å². The van der Waals surface area contributed by atoms with Gasteiger partial charge in [-0.25, -0.2) is 0 Å². The third-order valence-electron chi connectivity index (χ3n) is 2.35. The molecule has 0 amide bonds. The number of halogens is 1. The molecule has 0 unspecified atom stereocenters. The van der Waals surface area contributed by atoms with E-state index in [4.69, 9.17) is 4.84 Å². The van der Waals surface area contributed by atoms with Crippen molar-refractivity contribution in [3.8, 4) is 0 Å². The lowest BCUT2D eigenvalue weighted by Gasteiger charge is -2.06. The molecule has 0 aliphatic heterocycles. The molecule has 0 N–H and O–H groups in total. The lowest BCUT2D eigenvalue weighted by Crippen LogP contribution is -2.03. The molecule has 86 valence electrons. The number of nitrogens with zero attached hydrogens (tertiary/aromatic N) is 1. The molecule has 0 spiro atoms. The molecule has 0 atom stereocenters. The first-order valence-electron chi connectivity index (χ1n) is 5.24. The number of benzene rings is 2. The van der Waals surface area contributed by atoms with Crippen LogP contribution < -0.4 is 0 Å². The minimum atomic E-state index is 0.834. The summed E-state index contributed by atoms with van der Waals surface area (Å²) in [4.78, 5) is 4.92. The first-order valence-corrected chi connectivity index (χ1v) is 6.03. The normalized spacial score (nSPS) is 11.3. The summed E-state index contributed by atoms with van der Waals surface area (Å²) in [7, 11) is 1.56. The minimum Gasteiger partial charge on any atom is -0.399 e. The quantitative estimate of drug-likeness (QED) is 0.621. The second-order valence-corrected chi connectivity index (χ2v) is 4.41. The van der Waals surface area contributed by atoms with Crippen molar-refractivity contribution < 1.29 is 4.84 Å². The van der Waals surface area contributed by atoms with E-state index in [2.05, 4.69) is 21.1 Å². The van der Waals surface area contributed by atoms with Crippen LogP contribution >= 0.6 is 15.9 Å². The third-order valence-corrected chi connectivity index (χ3v) is 2.88. The molecular weight excluding hydrogens is 278 g/mol. The van der Waals surface area contributed by atoms with E-state index < -0.39 is 0 Å². The van der Waals surface area contributed by atoms with E-state index in [-0.39, 0.29) is 0 Å². The van der Waals surface area contributed by atoms with Crippen molar-refractivity contribution in [1.29, 1.82) is 0 Å². The molecule has 0 saturated heterocycles. The fraction of sp³-hybridized carbons (Fsp3) is 0.0714. The Morgan fingerprint density at radius 2 is 1.53 bits per heavy atom. The smallest absolute Gasteiger partial charge is 0.117 e. The number of hydrogen-bond donors (Lipinski definition) is 0. The standard InChI is InChI=1S/C14H12BrNO/c1-17-16-14(11-5-3-2-4-6-11)12-7-9-13(15)10-8-12/h2-10H,1H3/b16-14+. The van der Waals surface area contributed by atoms with Crippen LogP contribution in [-0.4, -0.2) is 12.8 Å². The number of hydrogen-bond acceptors (Lipinski definition) is 2. The molecule has 0 aliphatic rings. The van der Waals surface area contributed by atoms with Crippen molar-refractivity contribution >= 4 is 21.6 Å². The van der Waals surface area contributed by atoms with Crippen LogP contribution in [0, 0.1) is 0 Å². The first kappa shape index (κ1) is 11.9. The highest BCUT2D eigenvalue weighted by Crippen LogP contribution is 2.15. The summed E-state index contributed by atoms with van der Waals surface area (Å²) in [6.07, 6.45) is 0. The molecule has 3 heteroatoms. The van der Waals surface area contributed by atoms with Crippen LogP contribution in [0.5, 0.6) is 0 Å². The summed E-state index contributed by atoms with van der Waals surface area (Å²) in [5.41, 5.74) is 2.90. The molecule has 0 bridgehead atoms. The van der Waals surface area contributed by atoms with Crippen LogP contribution in [0.2, 0.25) is 0 Å². The lowest BCUT2D eigenvalue weighted by molar-refractivity contribution is 0.214. The number of oxime groups is 1. The molecule has 2 aromatic rings. The Morgan fingerprint density at radius 1 is 0.941 bits per heavy atom. The van der Waals surface area contributed by atoms with Crippen molar-refractivity contribution in [3.05, 3.63) is 70.2 Å². The van der Waals surface area contributed by atoms with Crippen molar-refractivity contribution in [3.63, 3.8) is 0 Å². The Labute approximate surface area is 109 Å². The van der Waals surface area contributed by atoms with Gasteiger partial charge in [-0.15, -0.1) is 0 Å². The zero-order chi connectivity index (χ0) is 12.1. The molecule has 0 heterocycles. The van der Waals surface area contributed by atoms with Gasteiger partial charge in [0.25, 0.3) is 0 Å². The van der Waals surface area contributed by atoms with E-state index in [0.717, 1.165) is 21.3 Å². The maximum absolute atomic E-state index is 4.92. The van der Waals surface area contributed by atoms with Gasteiger partial charge in [0.15, 0.2) is 0 Å². The van der Waals surface area contributed by atoms with Crippen molar-refractivity contribution in [1.82, 2.24) is 0 Å². The van der Waals surface area contributed by atoms with Crippen LogP contribution in [-0.2, 0) is 4.84 Å². The molecule has 17 heavy (non-hydrogen) atoms. The summed E-state index contributed by atoms with van der Waals surface area (Å²) in [6, 6.07) is 18.0. The zero-order valence-corrected chi connectivity index (χ0v) is 11.0. The number of rotatable bonds is 3. The van der Waals surface area contributed by atoms with Gasteiger partial charge in [-0.3, -0.25) is 0 Å². The second kappa shape index (κ2) is 5.64. The van der Waals surface area contributed by atoms with Crippen LogP contribution in [0.3, 0.4) is 0 Å². The zero-order valence-electron chi connectivity index (χ0n) is 9.43. The van der Waals surface area contributed by atoms with Crippen LogP contribution in [0.15, 0.2) is 64.2 Å². The fourth-order valence-corrected chi connectivity index (χ4v) is 1.83. The van der Waals surface area contributed by atoms with Gasteiger partial charge in [0, 0.05) is 15.6 Å². The summed E-state index contributed by atoms with van der Waals surface area (Å²) < 4.78 is 1.05. The SMILES string of the molecule is CO/N=C(\c1ccccc1)c1ccc(Br)cc1. The minimum absolute atomic E-state index is 0.834. The average molecular weight is 290 g/mol. The molecule has 2 nitrogen and oxygen atoms in total. The second-order valence-electron chi connectivity index (χ2n) is 3.50. The highest BCUT2D eigenvalue weighted by molar-refractivity contribution is 9.10. The molecule has 0 fully saturated rings. The Kier molecular flexibility index (Phi) is 3.94. The molecule has 2 aromatic carbocycles. The Balaban J connectivity index is 2.44. The molecule has 0 aromatic heterocycles. The van der Waals surface area contributed by atoms with Crippen LogP contribution in [0.1, 0.15) is 11.1 Å². The van der Waals surface area contributed by atoms with Crippen LogP contribution in [0.4, 0.5) is 0 Å². The maximum Gasteiger partial charge on any atom is 0.117 e. The van der Waals surface area contributed by atoms with Gasteiger partial charge < -0.3 is 4.84 Å². The highest BCUT2D eigenvalue weighted by Gasteiger charge is 2.06. The van der Waals surface area contributed by atoms with Gasteiger partial charge in [-0.05, 0) is 12.1 Å². The van der Waals surface area contributed by atoms with Crippen molar-refractivity contribution in [2.75, 3.05) is 7.11 Å². The van der Waals surface area contributed by atoms with E-state index >= 15 is 0 Å². The Bertz CT molecular complexity index is 506. The van der Waals surface area contributed by atoms with Crippen molar-refractivity contribution in [2.24, 2.45) is 5.16 Å². The van der Waals surface area contributed by atoms with Gasteiger partial charge in [-0.1, -0.05) is 63.6 Å². The Hall–Kier alpha value is -1.61. The van der Waals surface area contributed by atoms with Crippen LogP contribution in [0.25, 0.3) is 0 Å². The molecular formula is C14H12BrNO. The molecule has 0 aliphatic carbocycles. The molecule has 0 saturated carbocycles. The summed E-state index contributed by atoms with van der Waals surface area (Å²) in [5, 5.41) is 4.10. The highest BCUT2D eigenvalue weighted by atomic mass is 79.9.